The van der Waals surface area contributed by atoms with Crippen LogP contribution in [-0.4, -0.2) is 30.0 Å². The smallest absolute Gasteiger partial charge is 0.187 e. The zero-order chi connectivity index (χ0) is 18.8. The third kappa shape index (κ3) is 6.12. The van der Waals surface area contributed by atoms with Crippen molar-refractivity contribution in [3.8, 4) is 11.5 Å². The predicted octanol–water partition coefficient (Wildman–Crippen LogP) is 3.42. The van der Waals surface area contributed by atoms with Crippen molar-refractivity contribution in [1.82, 2.24) is 15.7 Å². The first-order valence-corrected chi connectivity index (χ1v) is 8.92. The summed E-state index contributed by atoms with van der Waals surface area (Å²) in [6.45, 7) is 4.52. The topological polar surface area (TPSA) is 67.8 Å². The first-order valence-electron chi connectivity index (χ1n) is 7.72. The van der Waals surface area contributed by atoms with Crippen molar-refractivity contribution in [2.45, 2.75) is 6.61 Å². The van der Waals surface area contributed by atoms with Gasteiger partial charge in [0, 0.05) is 12.7 Å². The van der Waals surface area contributed by atoms with E-state index in [1.54, 1.807) is 25.6 Å². The number of benzene rings is 1. The molecule has 136 valence electrons. The number of rotatable bonds is 8. The van der Waals surface area contributed by atoms with E-state index in [2.05, 4.69) is 43.3 Å². The van der Waals surface area contributed by atoms with Crippen molar-refractivity contribution in [2.24, 2.45) is 5.10 Å². The van der Waals surface area contributed by atoms with Gasteiger partial charge in [0.2, 0.25) is 0 Å². The lowest BCUT2D eigenvalue weighted by Crippen LogP contribution is -2.31. The number of hydrogen-bond acceptors (Lipinski definition) is 5. The summed E-state index contributed by atoms with van der Waals surface area (Å²) in [6, 6.07) is 9.38. The van der Waals surface area contributed by atoms with Crippen molar-refractivity contribution in [1.29, 1.82) is 0 Å². The molecule has 0 aliphatic heterocycles. The van der Waals surface area contributed by atoms with Gasteiger partial charge in [-0.25, -0.2) is 0 Å². The van der Waals surface area contributed by atoms with Crippen LogP contribution in [0.25, 0.3) is 0 Å². The lowest BCUT2D eigenvalue weighted by Gasteiger charge is -2.13. The molecule has 2 N–H and O–H groups in total. The highest BCUT2D eigenvalue weighted by molar-refractivity contribution is 9.10. The number of halogens is 1. The second kappa shape index (κ2) is 10.5. The van der Waals surface area contributed by atoms with Gasteiger partial charge in [0.15, 0.2) is 16.6 Å². The summed E-state index contributed by atoms with van der Waals surface area (Å²) in [5.74, 6) is 1.19. The summed E-state index contributed by atoms with van der Waals surface area (Å²) in [4.78, 5) is 4.24. The second-order valence-corrected chi connectivity index (χ2v) is 6.28. The van der Waals surface area contributed by atoms with Gasteiger partial charge in [0.05, 0.1) is 23.5 Å². The summed E-state index contributed by atoms with van der Waals surface area (Å²) in [7, 11) is 1.59. The van der Waals surface area contributed by atoms with Crippen molar-refractivity contribution < 1.29 is 9.47 Å². The highest BCUT2D eigenvalue weighted by Gasteiger charge is 2.11. The van der Waals surface area contributed by atoms with Crippen LogP contribution in [0.2, 0.25) is 0 Å². The molecule has 0 saturated carbocycles. The van der Waals surface area contributed by atoms with E-state index in [-0.39, 0.29) is 0 Å². The minimum atomic E-state index is 0.341. The molecule has 0 atom stereocenters. The van der Waals surface area contributed by atoms with Crippen molar-refractivity contribution in [3.63, 3.8) is 0 Å². The molecule has 8 heteroatoms. The number of aromatic nitrogens is 1. The monoisotopic (exact) mass is 434 g/mol. The van der Waals surface area contributed by atoms with Crippen LogP contribution in [0.15, 0.2) is 58.8 Å². The number of pyridine rings is 1. The highest BCUT2D eigenvalue weighted by atomic mass is 79.9. The summed E-state index contributed by atoms with van der Waals surface area (Å²) >= 11 is 8.58. The molecule has 0 radical (unpaired) electrons. The molecule has 2 aromatic rings. The molecule has 0 spiro atoms. The summed E-state index contributed by atoms with van der Waals surface area (Å²) < 4.78 is 12.0. The van der Waals surface area contributed by atoms with E-state index in [1.165, 1.54) is 0 Å². The fourth-order valence-electron chi connectivity index (χ4n) is 1.95. The maximum atomic E-state index is 5.85. The third-order valence-corrected chi connectivity index (χ3v) is 3.95. The van der Waals surface area contributed by atoms with Gasteiger partial charge in [-0.05, 0) is 58.0 Å². The van der Waals surface area contributed by atoms with Crippen molar-refractivity contribution in [2.75, 3.05) is 13.7 Å². The van der Waals surface area contributed by atoms with E-state index < -0.39 is 0 Å². The Bertz CT molecular complexity index is 784. The average molecular weight is 435 g/mol. The SMILES string of the molecule is C=CCNC(=S)N/N=C/c1cc(Br)c(OCc2ccccn2)c(OC)c1. The van der Waals surface area contributed by atoms with E-state index in [0.717, 1.165) is 15.7 Å². The lowest BCUT2D eigenvalue weighted by atomic mass is 10.2. The molecule has 1 aromatic carbocycles. The van der Waals surface area contributed by atoms with Gasteiger partial charge in [-0.15, -0.1) is 6.58 Å². The maximum Gasteiger partial charge on any atom is 0.187 e. The van der Waals surface area contributed by atoms with Crippen molar-refractivity contribution in [3.05, 3.63) is 64.9 Å². The van der Waals surface area contributed by atoms with Gasteiger partial charge in [-0.3, -0.25) is 10.4 Å². The molecule has 0 aliphatic rings. The summed E-state index contributed by atoms with van der Waals surface area (Å²) in [6.07, 6.45) is 5.08. The van der Waals surface area contributed by atoms with Crippen LogP contribution in [0.5, 0.6) is 11.5 Å². The zero-order valence-electron chi connectivity index (χ0n) is 14.2. The molecule has 0 aliphatic carbocycles. The van der Waals surface area contributed by atoms with Crippen LogP contribution in [0.4, 0.5) is 0 Å². The maximum absolute atomic E-state index is 5.85. The molecule has 1 heterocycles. The largest absolute Gasteiger partial charge is 0.493 e. The Morgan fingerprint density at radius 1 is 1.42 bits per heavy atom. The molecule has 1 aromatic heterocycles. The Labute approximate surface area is 166 Å². The molecular formula is C18H19BrN4O2S. The quantitative estimate of drug-likeness (QED) is 0.287. The Hall–Kier alpha value is -2.45. The standard InChI is InChI=1S/C18H19BrN4O2S/c1-3-7-21-18(26)23-22-11-13-9-15(19)17(16(10-13)24-2)25-12-14-6-4-5-8-20-14/h3-6,8-11H,1,7,12H2,2H3,(H2,21,23,26)/b22-11+. The minimum Gasteiger partial charge on any atom is -0.493 e. The predicted molar refractivity (Wildman–Crippen MR) is 111 cm³/mol. The Balaban J connectivity index is 2.05. The van der Waals surface area contributed by atoms with Gasteiger partial charge in [-0.1, -0.05) is 12.1 Å². The molecule has 2 rings (SSSR count). The van der Waals surface area contributed by atoms with Crippen LogP contribution >= 0.6 is 28.1 Å². The van der Waals surface area contributed by atoms with E-state index in [0.29, 0.717) is 29.8 Å². The number of methoxy groups -OCH3 is 1. The molecular weight excluding hydrogens is 416 g/mol. The van der Waals surface area contributed by atoms with Gasteiger partial charge in [-0.2, -0.15) is 5.10 Å². The minimum absolute atomic E-state index is 0.341. The van der Waals surface area contributed by atoms with Crippen LogP contribution < -0.4 is 20.2 Å². The number of nitrogens with one attached hydrogen (secondary N) is 2. The van der Waals surface area contributed by atoms with Gasteiger partial charge >= 0.3 is 0 Å². The highest BCUT2D eigenvalue weighted by Crippen LogP contribution is 2.36. The third-order valence-electron chi connectivity index (χ3n) is 3.13. The van der Waals surface area contributed by atoms with Crippen LogP contribution in [-0.2, 0) is 6.61 Å². The van der Waals surface area contributed by atoms with Gasteiger partial charge < -0.3 is 14.8 Å². The first kappa shape index (κ1) is 19.9. The average Bonchev–Trinajstić information content (AvgIpc) is 2.66. The van der Waals surface area contributed by atoms with Gasteiger partial charge in [0.1, 0.15) is 6.61 Å². The summed E-state index contributed by atoms with van der Waals surface area (Å²) in [5, 5.41) is 7.44. The zero-order valence-corrected chi connectivity index (χ0v) is 16.6. The number of thiocarbonyl (C=S) groups is 1. The lowest BCUT2D eigenvalue weighted by molar-refractivity contribution is 0.279. The first-order chi connectivity index (χ1) is 12.6. The second-order valence-electron chi connectivity index (χ2n) is 5.01. The number of hydrogen-bond donors (Lipinski definition) is 2. The Kier molecular flexibility index (Phi) is 8.04. The molecule has 0 saturated heterocycles. The van der Waals surface area contributed by atoms with Gasteiger partial charge in [0.25, 0.3) is 0 Å². The van der Waals surface area contributed by atoms with Crippen molar-refractivity contribution >= 4 is 39.5 Å². The van der Waals surface area contributed by atoms with E-state index in [4.69, 9.17) is 21.7 Å². The normalized spacial score (nSPS) is 10.4. The van der Waals surface area contributed by atoms with Crippen LogP contribution in [0, 0.1) is 0 Å². The van der Waals surface area contributed by atoms with Crippen LogP contribution in [0.3, 0.4) is 0 Å². The Morgan fingerprint density at radius 3 is 2.96 bits per heavy atom. The van der Waals surface area contributed by atoms with E-state index in [1.807, 2.05) is 30.3 Å². The molecule has 0 amide bonds. The molecule has 0 unspecified atom stereocenters. The fraction of sp³-hybridized carbons (Fsp3) is 0.167. The molecule has 0 bridgehead atoms. The fourth-order valence-corrected chi connectivity index (χ4v) is 2.66. The molecule has 6 nitrogen and oxygen atoms in total. The Morgan fingerprint density at radius 2 is 2.27 bits per heavy atom. The molecule has 0 fully saturated rings. The number of hydrazone groups is 1. The van der Waals surface area contributed by atoms with E-state index in [9.17, 15) is 0 Å². The van der Waals surface area contributed by atoms with Crippen LogP contribution in [0.1, 0.15) is 11.3 Å². The summed E-state index contributed by atoms with van der Waals surface area (Å²) in [5.41, 5.74) is 4.38. The number of nitrogens with zero attached hydrogens (tertiary/aromatic N) is 2. The van der Waals surface area contributed by atoms with E-state index >= 15 is 0 Å². The number of ether oxygens (including phenoxy) is 2. The molecule has 26 heavy (non-hydrogen) atoms.